The molecule has 2 fully saturated rings. The highest BCUT2D eigenvalue weighted by molar-refractivity contribution is 6.07. The zero-order chi connectivity index (χ0) is 29.5. The van der Waals surface area contributed by atoms with Crippen molar-refractivity contribution >= 4 is 28.7 Å². The minimum atomic E-state index is -0.896. The van der Waals surface area contributed by atoms with Crippen molar-refractivity contribution in [3.8, 4) is 11.3 Å². The number of amides is 2. The molecule has 1 aliphatic carbocycles. The summed E-state index contributed by atoms with van der Waals surface area (Å²) in [5.41, 5.74) is 3.00. The first kappa shape index (κ1) is 29.7. The van der Waals surface area contributed by atoms with Crippen LogP contribution >= 0.6 is 0 Å². The zero-order valence-electron chi connectivity index (χ0n) is 24.7. The van der Waals surface area contributed by atoms with E-state index in [0.717, 1.165) is 79.8 Å². The number of rotatable bonds is 10. The molecule has 3 aromatic rings. The van der Waals surface area contributed by atoms with Gasteiger partial charge in [0.2, 0.25) is 0 Å². The lowest BCUT2D eigenvalue weighted by Gasteiger charge is -2.33. The van der Waals surface area contributed by atoms with E-state index in [2.05, 4.69) is 22.2 Å². The standard InChI is InChI=1S/C32H42N6O4/c1-36-13-15-37(16-14-36)30-12-11-25(21-33-30)29-19-27(26-5-3-4-6-28(26)35-29)31(39)34-20-23-7-9-24(10-8-23)22-38(32(40)41)17-18-42-2/h3-6,11-12,19,21,23-24H,7-10,13-18,20,22H2,1-2H3,(H,34,39)(H,40,41). The van der Waals surface area contributed by atoms with Gasteiger partial charge in [0.15, 0.2) is 0 Å². The monoisotopic (exact) mass is 574 g/mol. The van der Waals surface area contributed by atoms with Gasteiger partial charge in [0.1, 0.15) is 5.82 Å². The van der Waals surface area contributed by atoms with E-state index in [4.69, 9.17) is 14.7 Å². The molecule has 1 saturated carbocycles. The highest BCUT2D eigenvalue weighted by atomic mass is 16.5. The van der Waals surface area contributed by atoms with Gasteiger partial charge in [-0.15, -0.1) is 0 Å². The van der Waals surface area contributed by atoms with Gasteiger partial charge in [0.05, 0.1) is 23.4 Å². The van der Waals surface area contributed by atoms with Gasteiger partial charge in [-0.2, -0.15) is 0 Å². The third-order valence-corrected chi connectivity index (χ3v) is 8.66. The van der Waals surface area contributed by atoms with E-state index < -0.39 is 6.09 Å². The predicted octanol–water partition coefficient (Wildman–Crippen LogP) is 4.21. The molecule has 0 unspecified atom stereocenters. The highest BCUT2D eigenvalue weighted by Gasteiger charge is 2.25. The maximum absolute atomic E-state index is 13.5. The Labute approximate surface area is 247 Å². The SMILES string of the molecule is COCCN(CC1CCC(CNC(=O)c2cc(-c3ccc(N4CCN(C)CC4)nc3)nc3ccccc23)CC1)C(=O)O. The van der Waals surface area contributed by atoms with Crippen molar-refractivity contribution < 1.29 is 19.4 Å². The first-order valence-corrected chi connectivity index (χ1v) is 15.0. The van der Waals surface area contributed by atoms with Crippen LogP contribution in [0.4, 0.5) is 10.6 Å². The lowest BCUT2D eigenvalue weighted by Crippen LogP contribution is -2.44. The number of piperazine rings is 1. The summed E-state index contributed by atoms with van der Waals surface area (Å²) in [6.45, 7) is 5.88. The Bertz CT molecular complexity index is 1350. The van der Waals surface area contributed by atoms with Crippen LogP contribution in [0.2, 0.25) is 0 Å². The normalized spacial score (nSPS) is 19.5. The zero-order valence-corrected chi connectivity index (χ0v) is 24.7. The third kappa shape index (κ3) is 7.35. The fourth-order valence-corrected chi connectivity index (χ4v) is 6.00. The number of anilines is 1. The van der Waals surface area contributed by atoms with Crippen LogP contribution in [0.1, 0.15) is 36.0 Å². The smallest absolute Gasteiger partial charge is 0.407 e. The molecule has 2 N–H and O–H groups in total. The second-order valence-corrected chi connectivity index (χ2v) is 11.6. The van der Waals surface area contributed by atoms with E-state index in [1.54, 1.807) is 7.11 Å². The predicted molar refractivity (Wildman–Crippen MR) is 164 cm³/mol. The summed E-state index contributed by atoms with van der Waals surface area (Å²) >= 11 is 0. The van der Waals surface area contributed by atoms with Gasteiger partial charge in [-0.1, -0.05) is 18.2 Å². The largest absolute Gasteiger partial charge is 0.465 e. The first-order chi connectivity index (χ1) is 20.4. The number of carbonyl (C=O) groups excluding carboxylic acids is 1. The van der Waals surface area contributed by atoms with Crippen molar-refractivity contribution in [2.45, 2.75) is 25.7 Å². The second kappa shape index (κ2) is 13.9. The molecule has 0 atom stereocenters. The van der Waals surface area contributed by atoms with Gasteiger partial charge in [-0.05, 0) is 68.8 Å². The molecular weight excluding hydrogens is 532 g/mol. The molecule has 1 aliphatic heterocycles. The van der Waals surface area contributed by atoms with Crippen molar-refractivity contribution in [1.82, 2.24) is 25.1 Å². The number of ether oxygens (including phenoxy) is 1. The van der Waals surface area contributed by atoms with E-state index in [0.29, 0.717) is 43.6 Å². The molecule has 0 radical (unpaired) electrons. The van der Waals surface area contributed by atoms with Gasteiger partial charge in [-0.25, -0.2) is 14.8 Å². The number of para-hydroxylation sites is 1. The van der Waals surface area contributed by atoms with Crippen LogP contribution in [-0.2, 0) is 4.74 Å². The van der Waals surface area contributed by atoms with Crippen molar-refractivity contribution in [3.63, 3.8) is 0 Å². The van der Waals surface area contributed by atoms with Gasteiger partial charge in [0, 0.05) is 70.1 Å². The number of hydrogen-bond acceptors (Lipinski definition) is 7. The average molecular weight is 575 g/mol. The number of benzene rings is 1. The lowest BCUT2D eigenvalue weighted by molar-refractivity contribution is 0.0927. The summed E-state index contributed by atoms with van der Waals surface area (Å²) in [6, 6.07) is 13.7. The second-order valence-electron chi connectivity index (χ2n) is 11.6. The molecule has 224 valence electrons. The summed E-state index contributed by atoms with van der Waals surface area (Å²) < 4.78 is 5.05. The number of aromatic nitrogens is 2. The molecule has 2 amide bonds. The Morgan fingerprint density at radius 1 is 1.05 bits per heavy atom. The molecule has 3 heterocycles. The van der Waals surface area contributed by atoms with Crippen LogP contribution in [-0.4, -0.2) is 103 Å². The van der Waals surface area contributed by atoms with Gasteiger partial charge < -0.3 is 29.9 Å². The Kier molecular flexibility index (Phi) is 9.86. The van der Waals surface area contributed by atoms with Crippen molar-refractivity contribution in [1.29, 1.82) is 0 Å². The first-order valence-electron chi connectivity index (χ1n) is 15.0. The molecule has 1 aromatic carbocycles. The van der Waals surface area contributed by atoms with Gasteiger partial charge >= 0.3 is 6.09 Å². The van der Waals surface area contributed by atoms with Crippen LogP contribution in [0.5, 0.6) is 0 Å². The molecule has 5 rings (SSSR count). The molecule has 10 heteroatoms. The Balaban J connectivity index is 1.22. The third-order valence-electron chi connectivity index (χ3n) is 8.66. The topological polar surface area (TPSA) is 111 Å². The summed E-state index contributed by atoms with van der Waals surface area (Å²) in [7, 11) is 3.72. The summed E-state index contributed by atoms with van der Waals surface area (Å²) in [5, 5.41) is 13.5. The fourth-order valence-electron chi connectivity index (χ4n) is 6.00. The number of carboxylic acid groups (broad SMARTS) is 1. The minimum absolute atomic E-state index is 0.101. The lowest BCUT2D eigenvalue weighted by atomic mass is 9.81. The average Bonchev–Trinajstić information content (AvgIpc) is 3.02. The van der Waals surface area contributed by atoms with E-state index in [-0.39, 0.29) is 5.91 Å². The number of pyridine rings is 2. The number of carbonyl (C=O) groups is 2. The number of likely N-dealkylation sites (N-methyl/N-ethyl adjacent to an activating group) is 1. The fraction of sp³-hybridized carbons (Fsp3) is 0.500. The van der Waals surface area contributed by atoms with Gasteiger partial charge in [0.25, 0.3) is 5.91 Å². The Hall–Kier alpha value is -3.76. The van der Waals surface area contributed by atoms with Crippen LogP contribution in [0, 0.1) is 11.8 Å². The van der Waals surface area contributed by atoms with Crippen LogP contribution < -0.4 is 10.2 Å². The van der Waals surface area contributed by atoms with Crippen molar-refractivity contribution in [2.75, 3.05) is 71.5 Å². The molecule has 0 bridgehead atoms. The van der Waals surface area contributed by atoms with E-state index >= 15 is 0 Å². The molecule has 0 spiro atoms. The summed E-state index contributed by atoms with van der Waals surface area (Å²) in [6.07, 6.45) is 4.80. The van der Waals surface area contributed by atoms with Gasteiger partial charge in [-0.3, -0.25) is 4.79 Å². The van der Waals surface area contributed by atoms with E-state index in [1.165, 1.54) is 4.90 Å². The molecule has 2 aliphatic rings. The quantitative estimate of drug-likeness (QED) is 0.371. The molecule has 1 saturated heterocycles. The van der Waals surface area contributed by atoms with Crippen molar-refractivity contribution in [3.05, 3.63) is 54.2 Å². The van der Waals surface area contributed by atoms with E-state index in [1.807, 2.05) is 48.7 Å². The summed E-state index contributed by atoms with van der Waals surface area (Å²) in [5.74, 6) is 1.58. The Morgan fingerprint density at radius 2 is 1.79 bits per heavy atom. The number of hydrogen-bond donors (Lipinski definition) is 2. The van der Waals surface area contributed by atoms with Crippen LogP contribution in [0.3, 0.4) is 0 Å². The number of fused-ring (bicyclic) bond motifs is 1. The van der Waals surface area contributed by atoms with Crippen LogP contribution in [0.15, 0.2) is 48.7 Å². The minimum Gasteiger partial charge on any atom is -0.465 e. The number of nitrogens with one attached hydrogen (secondary N) is 1. The number of nitrogens with zero attached hydrogens (tertiary/aromatic N) is 5. The molecular formula is C32H42N6O4. The Morgan fingerprint density at radius 3 is 2.48 bits per heavy atom. The molecule has 2 aromatic heterocycles. The number of methoxy groups -OCH3 is 1. The maximum Gasteiger partial charge on any atom is 0.407 e. The highest BCUT2D eigenvalue weighted by Crippen LogP contribution is 2.30. The molecule has 42 heavy (non-hydrogen) atoms. The molecule has 10 nitrogen and oxygen atoms in total. The summed E-state index contributed by atoms with van der Waals surface area (Å²) in [4.78, 5) is 40.7. The maximum atomic E-state index is 13.5. The van der Waals surface area contributed by atoms with Crippen LogP contribution in [0.25, 0.3) is 22.2 Å². The van der Waals surface area contributed by atoms with Crippen molar-refractivity contribution in [2.24, 2.45) is 11.8 Å². The van der Waals surface area contributed by atoms with E-state index in [9.17, 15) is 14.7 Å².